The molecule has 102 valence electrons. The van der Waals surface area contributed by atoms with Crippen LogP contribution in [-0.4, -0.2) is 29.5 Å². The maximum absolute atomic E-state index is 13.2. The van der Waals surface area contributed by atoms with Gasteiger partial charge in [-0.25, -0.2) is 12.8 Å². The van der Waals surface area contributed by atoms with Crippen LogP contribution in [0.5, 0.6) is 0 Å². The molecule has 0 unspecified atom stereocenters. The summed E-state index contributed by atoms with van der Waals surface area (Å²) in [5.74, 6) is 0.0581. The Hall–Kier alpha value is -1.21. The van der Waals surface area contributed by atoms with Gasteiger partial charge in [0.25, 0.3) is 0 Å². The molecule has 1 fully saturated rings. The van der Waals surface area contributed by atoms with Crippen LogP contribution in [-0.2, 0) is 9.84 Å². The van der Waals surface area contributed by atoms with Crippen molar-refractivity contribution in [3.8, 4) is 0 Å². The highest BCUT2D eigenvalue weighted by Crippen LogP contribution is 2.28. The zero-order valence-corrected chi connectivity index (χ0v) is 11.7. The zero-order valence-electron chi connectivity index (χ0n) is 10.1. The smallest absolute Gasteiger partial charge is 0.178 e. The van der Waals surface area contributed by atoms with Crippen LogP contribution in [0, 0.1) is 10.6 Å². The number of fused-ring (bicyclic) bond motifs is 1. The van der Waals surface area contributed by atoms with E-state index in [9.17, 15) is 12.8 Å². The number of aromatic nitrogens is 2. The van der Waals surface area contributed by atoms with Crippen LogP contribution in [0.1, 0.15) is 18.9 Å². The molecule has 2 aromatic rings. The lowest BCUT2D eigenvalue weighted by atomic mass is 10.1. The highest BCUT2D eigenvalue weighted by molar-refractivity contribution is 7.91. The number of hydrogen-bond acceptors (Lipinski definition) is 3. The van der Waals surface area contributed by atoms with Crippen LogP contribution >= 0.6 is 12.2 Å². The fourth-order valence-corrected chi connectivity index (χ4v) is 4.43. The zero-order chi connectivity index (χ0) is 13.6. The van der Waals surface area contributed by atoms with Crippen molar-refractivity contribution in [3.63, 3.8) is 0 Å². The van der Waals surface area contributed by atoms with Gasteiger partial charge in [0.15, 0.2) is 4.77 Å². The quantitative estimate of drug-likeness (QED) is 0.824. The van der Waals surface area contributed by atoms with Crippen molar-refractivity contribution in [1.82, 2.24) is 9.55 Å². The Bertz CT molecular complexity index is 778. The van der Waals surface area contributed by atoms with E-state index < -0.39 is 9.84 Å². The minimum Gasteiger partial charge on any atom is -0.330 e. The van der Waals surface area contributed by atoms with Crippen molar-refractivity contribution in [2.45, 2.75) is 18.9 Å². The number of hydrogen-bond donors (Lipinski definition) is 1. The Morgan fingerprint density at radius 2 is 2.00 bits per heavy atom. The Labute approximate surface area is 115 Å². The van der Waals surface area contributed by atoms with E-state index >= 15 is 0 Å². The van der Waals surface area contributed by atoms with Gasteiger partial charge >= 0.3 is 0 Å². The summed E-state index contributed by atoms with van der Waals surface area (Å²) in [4.78, 5) is 2.97. The first-order valence-electron chi connectivity index (χ1n) is 6.06. The molecule has 1 aliphatic heterocycles. The normalized spacial score (nSPS) is 19.8. The van der Waals surface area contributed by atoms with Crippen LogP contribution in [0.15, 0.2) is 18.2 Å². The molecule has 1 aromatic heterocycles. The highest BCUT2D eigenvalue weighted by atomic mass is 32.2. The number of rotatable bonds is 1. The summed E-state index contributed by atoms with van der Waals surface area (Å²) in [6, 6.07) is 4.54. The number of aromatic amines is 1. The van der Waals surface area contributed by atoms with Crippen molar-refractivity contribution in [3.05, 3.63) is 28.8 Å². The molecule has 1 aliphatic rings. The van der Waals surface area contributed by atoms with E-state index in [0.717, 1.165) is 5.52 Å². The van der Waals surface area contributed by atoms with Gasteiger partial charge in [0.05, 0.1) is 22.5 Å². The molecule has 0 saturated carbocycles. The minimum atomic E-state index is -2.90. The first kappa shape index (κ1) is 12.8. The predicted octanol–water partition coefficient (Wildman–Crippen LogP) is 2.59. The molecule has 2 heterocycles. The van der Waals surface area contributed by atoms with Gasteiger partial charge in [-0.3, -0.25) is 0 Å². The first-order chi connectivity index (χ1) is 8.96. The van der Waals surface area contributed by atoms with Gasteiger partial charge in [0.2, 0.25) is 0 Å². The maximum Gasteiger partial charge on any atom is 0.178 e. The second-order valence-electron chi connectivity index (χ2n) is 4.84. The lowest BCUT2D eigenvalue weighted by molar-refractivity contribution is 0.455. The van der Waals surface area contributed by atoms with E-state index in [1.807, 2.05) is 4.57 Å². The molecule has 1 saturated heterocycles. The molecular formula is C12H13FN2O2S2. The van der Waals surface area contributed by atoms with E-state index in [4.69, 9.17) is 12.2 Å². The number of imidazole rings is 1. The molecule has 7 heteroatoms. The largest absolute Gasteiger partial charge is 0.330 e. The summed E-state index contributed by atoms with van der Waals surface area (Å²) in [6.07, 6.45) is 1.11. The van der Waals surface area contributed by atoms with E-state index in [2.05, 4.69) is 4.98 Å². The van der Waals surface area contributed by atoms with Crippen molar-refractivity contribution >= 4 is 33.1 Å². The highest BCUT2D eigenvalue weighted by Gasteiger charge is 2.26. The third kappa shape index (κ3) is 2.32. The van der Waals surface area contributed by atoms with E-state index in [1.165, 1.54) is 12.1 Å². The molecule has 0 atom stereocenters. The Morgan fingerprint density at radius 3 is 2.68 bits per heavy atom. The monoisotopic (exact) mass is 300 g/mol. The molecule has 0 amide bonds. The molecular weight excluding hydrogens is 287 g/mol. The average molecular weight is 300 g/mol. The van der Waals surface area contributed by atoms with Crippen LogP contribution < -0.4 is 0 Å². The van der Waals surface area contributed by atoms with Gasteiger partial charge in [-0.1, -0.05) is 0 Å². The van der Waals surface area contributed by atoms with E-state index in [0.29, 0.717) is 23.1 Å². The maximum atomic E-state index is 13.2. The third-order valence-corrected chi connectivity index (χ3v) is 5.58. The van der Waals surface area contributed by atoms with Gasteiger partial charge in [-0.05, 0) is 43.3 Å². The lowest BCUT2D eigenvalue weighted by Gasteiger charge is -2.23. The summed E-state index contributed by atoms with van der Waals surface area (Å²) >= 11 is 5.27. The van der Waals surface area contributed by atoms with Crippen LogP contribution in [0.2, 0.25) is 0 Å². The molecule has 1 N–H and O–H groups in total. The summed E-state index contributed by atoms with van der Waals surface area (Å²) in [5.41, 5.74) is 1.48. The average Bonchev–Trinajstić information content (AvgIpc) is 2.65. The number of halogens is 1. The lowest BCUT2D eigenvalue weighted by Crippen LogP contribution is -2.25. The molecule has 3 rings (SSSR count). The molecule has 19 heavy (non-hydrogen) atoms. The van der Waals surface area contributed by atoms with Gasteiger partial charge in [-0.2, -0.15) is 0 Å². The molecule has 0 radical (unpaired) electrons. The van der Waals surface area contributed by atoms with Crippen molar-refractivity contribution < 1.29 is 12.8 Å². The Morgan fingerprint density at radius 1 is 1.32 bits per heavy atom. The van der Waals surface area contributed by atoms with Gasteiger partial charge < -0.3 is 9.55 Å². The number of nitrogens with zero attached hydrogens (tertiary/aromatic N) is 1. The fraction of sp³-hybridized carbons (Fsp3) is 0.417. The number of benzene rings is 1. The Kier molecular flexibility index (Phi) is 2.98. The SMILES string of the molecule is O=S1(=O)CCC(n2c(=S)[nH]c3cc(F)ccc32)CC1. The molecule has 1 aromatic carbocycles. The van der Waals surface area contributed by atoms with Crippen molar-refractivity contribution in [1.29, 1.82) is 0 Å². The Balaban J connectivity index is 2.06. The summed E-state index contributed by atoms with van der Waals surface area (Å²) in [5, 5.41) is 0. The predicted molar refractivity (Wildman–Crippen MR) is 74.0 cm³/mol. The number of nitrogens with one attached hydrogen (secondary N) is 1. The standard InChI is InChI=1S/C12H13FN2O2S2/c13-8-1-2-11-10(7-8)14-12(18)15(11)9-3-5-19(16,17)6-4-9/h1-2,7,9H,3-6H2,(H,14,18). The van der Waals surface area contributed by atoms with Crippen LogP contribution in [0.4, 0.5) is 4.39 Å². The number of H-pyrrole nitrogens is 1. The van der Waals surface area contributed by atoms with E-state index in [-0.39, 0.29) is 23.4 Å². The van der Waals surface area contributed by atoms with Gasteiger partial charge in [0.1, 0.15) is 15.7 Å². The van der Waals surface area contributed by atoms with Gasteiger partial charge in [0, 0.05) is 6.04 Å². The van der Waals surface area contributed by atoms with Crippen molar-refractivity contribution in [2.24, 2.45) is 0 Å². The minimum absolute atomic E-state index is 0.0650. The number of sulfone groups is 1. The fourth-order valence-electron chi connectivity index (χ4n) is 2.60. The van der Waals surface area contributed by atoms with Crippen molar-refractivity contribution in [2.75, 3.05) is 11.5 Å². The molecule has 4 nitrogen and oxygen atoms in total. The molecule has 0 aliphatic carbocycles. The van der Waals surface area contributed by atoms with Gasteiger partial charge in [-0.15, -0.1) is 0 Å². The van der Waals surface area contributed by atoms with Crippen LogP contribution in [0.3, 0.4) is 0 Å². The first-order valence-corrected chi connectivity index (χ1v) is 8.29. The summed E-state index contributed by atoms with van der Waals surface area (Å²) < 4.78 is 38.5. The van der Waals surface area contributed by atoms with E-state index in [1.54, 1.807) is 6.07 Å². The topological polar surface area (TPSA) is 54.9 Å². The summed E-state index contributed by atoms with van der Waals surface area (Å²) in [6.45, 7) is 0. The second-order valence-corrected chi connectivity index (χ2v) is 7.53. The molecule has 0 bridgehead atoms. The van der Waals surface area contributed by atoms with Crippen LogP contribution in [0.25, 0.3) is 11.0 Å². The molecule has 0 spiro atoms. The second kappa shape index (κ2) is 4.42. The summed E-state index contributed by atoms with van der Waals surface area (Å²) in [7, 11) is -2.90. The third-order valence-electron chi connectivity index (χ3n) is 3.57.